The molecular weight excluding hydrogens is 475 g/mol. The lowest BCUT2D eigenvalue weighted by Gasteiger charge is -2.48. The maximum Gasteiger partial charge on any atom is 0.126 e. The summed E-state index contributed by atoms with van der Waals surface area (Å²) in [6, 6.07) is 16.8. The molecule has 4 heteroatoms. The molecule has 1 aliphatic heterocycles. The molecule has 200 valence electrons. The van der Waals surface area contributed by atoms with Crippen molar-refractivity contribution in [1.29, 1.82) is 0 Å². The number of aliphatic hydroxyl groups excluding tert-OH is 2. The smallest absolute Gasteiger partial charge is 0.126 e. The van der Waals surface area contributed by atoms with Crippen LogP contribution in [0.5, 0.6) is 5.75 Å². The van der Waals surface area contributed by atoms with Gasteiger partial charge in [-0.1, -0.05) is 70.0 Å². The maximum atomic E-state index is 14.0. The maximum absolute atomic E-state index is 14.0. The molecule has 0 radical (unpaired) electrons. The first-order chi connectivity index (χ1) is 18.2. The molecule has 0 aromatic heterocycles. The van der Waals surface area contributed by atoms with Crippen molar-refractivity contribution >= 4 is 0 Å². The van der Waals surface area contributed by atoms with Gasteiger partial charge >= 0.3 is 0 Å². The first kappa shape index (κ1) is 25.6. The molecule has 2 saturated carbocycles. The molecule has 38 heavy (non-hydrogen) atoms. The van der Waals surface area contributed by atoms with E-state index in [-0.39, 0.29) is 16.8 Å². The van der Waals surface area contributed by atoms with Crippen molar-refractivity contribution < 1.29 is 19.3 Å². The number of ether oxygens (including phenoxy) is 1. The Kier molecular flexibility index (Phi) is 6.39. The van der Waals surface area contributed by atoms with E-state index in [0.29, 0.717) is 12.3 Å². The molecule has 3 aromatic rings. The Balaban J connectivity index is 1.58. The van der Waals surface area contributed by atoms with Crippen molar-refractivity contribution in [3.05, 3.63) is 88.2 Å². The van der Waals surface area contributed by atoms with Crippen LogP contribution < -0.4 is 4.74 Å². The molecule has 3 aromatic carbocycles. The highest BCUT2D eigenvalue weighted by Gasteiger charge is 2.47. The van der Waals surface area contributed by atoms with Crippen LogP contribution in [0.1, 0.15) is 118 Å². The Bertz CT molecular complexity index is 1310. The minimum Gasteiger partial charge on any atom is -0.487 e. The number of fused-ring (bicyclic) bond motifs is 1. The van der Waals surface area contributed by atoms with Gasteiger partial charge < -0.3 is 14.9 Å². The fourth-order valence-electron chi connectivity index (χ4n) is 6.86. The largest absolute Gasteiger partial charge is 0.487 e. The van der Waals surface area contributed by atoms with Gasteiger partial charge in [-0.3, -0.25) is 0 Å². The Hall–Kier alpha value is -2.69. The Labute approximate surface area is 225 Å². The second kappa shape index (κ2) is 9.50. The number of hydrogen-bond acceptors (Lipinski definition) is 3. The predicted molar refractivity (Wildman–Crippen MR) is 149 cm³/mol. The number of hydrogen-bond donors (Lipinski definition) is 2. The van der Waals surface area contributed by atoms with Crippen LogP contribution in [0, 0.1) is 5.82 Å². The van der Waals surface area contributed by atoms with Crippen molar-refractivity contribution in [2.24, 2.45) is 0 Å². The van der Waals surface area contributed by atoms with Crippen LogP contribution in [0.3, 0.4) is 0 Å². The minimum atomic E-state index is -0.878. The van der Waals surface area contributed by atoms with Crippen LogP contribution in [-0.2, 0) is 5.41 Å². The van der Waals surface area contributed by atoms with Gasteiger partial charge in [0.05, 0.1) is 6.10 Å². The van der Waals surface area contributed by atoms with Crippen LogP contribution in [0.4, 0.5) is 4.39 Å². The van der Waals surface area contributed by atoms with E-state index >= 15 is 0 Å². The van der Waals surface area contributed by atoms with E-state index in [2.05, 4.69) is 39.0 Å². The van der Waals surface area contributed by atoms with E-state index in [1.54, 1.807) is 12.1 Å². The predicted octanol–water partition coefficient (Wildman–Crippen LogP) is 8.27. The van der Waals surface area contributed by atoms with Gasteiger partial charge in [-0.15, -0.1) is 0 Å². The van der Waals surface area contributed by atoms with E-state index < -0.39 is 12.2 Å². The number of benzene rings is 3. The molecule has 1 spiro atoms. The fourth-order valence-corrected chi connectivity index (χ4v) is 6.86. The zero-order valence-electron chi connectivity index (χ0n) is 22.8. The third-order valence-electron chi connectivity index (χ3n) is 9.19. The highest BCUT2D eigenvalue weighted by Crippen LogP contribution is 2.55. The zero-order chi connectivity index (χ0) is 26.7. The van der Waals surface area contributed by atoms with Crippen molar-refractivity contribution in [2.75, 3.05) is 0 Å². The molecular formula is C34H39FO3. The van der Waals surface area contributed by atoms with Gasteiger partial charge in [0.1, 0.15) is 23.3 Å². The summed E-state index contributed by atoms with van der Waals surface area (Å²) >= 11 is 0. The average molecular weight is 515 g/mol. The monoisotopic (exact) mass is 514 g/mol. The van der Waals surface area contributed by atoms with Gasteiger partial charge in [0.25, 0.3) is 0 Å². The summed E-state index contributed by atoms with van der Waals surface area (Å²) in [5.41, 5.74) is 6.04. The lowest BCUT2D eigenvalue weighted by Crippen LogP contribution is -2.47. The van der Waals surface area contributed by atoms with Gasteiger partial charge in [0, 0.05) is 12.0 Å². The molecule has 3 nitrogen and oxygen atoms in total. The molecule has 2 N–H and O–H groups in total. The summed E-state index contributed by atoms with van der Waals surface area (Å²) in [5, 5.41) is 23.7. The fraction of sp³-hybridized carbons (Fsp3) is 0.471. The molecule has 6 rings (SSSR count). The topological polar surface area (TPSA) is 49.7 Å². The second-order valence-electron chi connectivity index (χ2n) is 12.8. The first-order valence-electron chi connectivity index (χ1n) is 14.3. The number of rotatable bonds is 4. The molecule has 0 amide bonds. The molecule has 3 aliphatic rings. The molecule has 2 atom stereocenters. The number of halogens is 1. The molecule has 1 heterocycles. The standard InChI is InChI=1S/C34H39FO3/c1-33(2,3)24-13-9-23(10-14-24)32(37)30-26(21-7-4-5-8-21)19-28-31(27(36)20-34(38-28)17-6-18-34)29(30)22-11-15-25(35)16-12-22/h9-16,19,21,27,32,36-37H,4-8,17-18,20H2,1-3H3/t27-,32+/m0/s1. The third kappa shape index (κ3) is 4.46. The van der Waals surface area contributed by atoms with Crippen LogP contribution in [0.15, 0.2) is 54.6 Å². The van der Waals surface area contributed by atoms with E-state index in [0.717, 1.165) is 84.1 Å². The Morgan fingerprint density at radius 1 is 0.947 bits per heavy atom. The summed E-state index contributed by atoms with van der Waals surface area (Å²) < 4.78 is 20.7. The first-order valence-corrected chi connectivity index (χ1v) is 14.3. The zero-order valence-corrected chi connectivity index (χ0v) is 22.8. The van der Waals surface area contributed by atoms with Gasteiger partial charge in [-0.2, -0.15) is 0 Å². The minimum absolute atomic E-state index is 0.0164. The molecule has 2 aliphatic carbocycles. The summed E-state index contributed by atoms with van der Waals surface area (Å²) in [7, 11) is 0. The number of aliphatic hydroxyl groups is 2. The van der Waals surface area contributed by atoms with E-state index in [1.807, 2.05) is 12.1 Å². The lowest BCUT2D eigenvalue weighted by atomic mass is 9.71. The Morgan fingerprint density at radius 3 is 2.18 bits per heavy atom. The quantitative estimate of drug-likeness (QED) is 0.368. The highest BCUT2D eigenvalue weighted by atomic mass is 19.1. The van der Waals surface area contributed by atoms with Crippen LogP contribution in [0.2, 0.25) is 0 Å². The van der Waals surface area contributed by atoms with Crippen molar-refractivity contribution in [3.8, 4) is 16.9 Å². The molecule has 0 saturated heterocycles. The van der Waals surface area contributed by atoms with Gasteiger partial charge in [-0.25, -0.2) is 4.39 Å². The summed E-state index contributed by atoms with van der Waals surface area (Å²) in [6.07, 6.45) is 6.46. The third-order valence-corrected chi connectivity index (χ3v) is 9.19. The average Bonchev–Trinajstić information content (AvgIpc) is 3.41. The van der Waals surface area contributed by atoms with Crippen molar-refractivity contribution in [1.82, 2.24) is 0 Å². The summed E-state index contributed by atoms with van der Waals surface area (Å²) in [4.78, 5) is 0. The van der Waals surface area contributed by atoms with Crippen LogP contribution >= 0.6 is 0 Å². The van der Waals surface area contributed by atoms with E-state index in [1.165, 1.54) is 17.7 Å². The van der Waals surface area contributed by atoms with Crippen molar-refractivity contribution in [3.63, 3.8) is 0 Å². The normalized spacial score (nSPS) is 21.6. The van der Waals surface area contributed by atoms with Crippen molar-refractivity contribution in [2.45, 2.75) is 101 Å². The van der Waals surface area contributed by atoms with Gasteiger partial charge in [0.2, 0.25) is 0 Å². The lowest BCUT2D eigenvalue weighted by molar-refractivity contribution is -0.0662. The van der Waals surface area contributed by atoms with Crippen LogP contribution in [-0.4, -0.2) is 15.8 Å². The van der Waals surface area contributed by atoms with Gasteiger partial charge in [0.15, 0.2) is 0 Å². The molecule has 0 unspecified atom stereocenters. The van der Waals surface area contributed by atoms with E-state index in [9.17, 15) is 14.6 Å². The highest BCUT2D eigenvalue weighted by molar-refractivity contribution is 5.78. The Morgan fingerprint density at radius 2 is 1.61 bits per heavy atom. The SMILES string of the molecule is CC(C)(C)c1ccc([C@@H](O)c2c(C3CCCC3)cc3c(c2-c2ccc(F)cc2)[C@@H](O)CC2(CCC2)O3)cc1. The van der Waals surface area contributed by atoms with Crippen LogP contribution in [0.25, 0.3) is 11.1 Å². The molecule has 2 fully saturated rings. The second-order valence-corrected chi connectivity index (χ2v) is 12.8. The van der Waals surface area contributed by atoms with E-state index in [4.69, 9.17) is 4.74 Å². The molecule has 0 bridgehead atoms. The van der Waals surface area contributed by atoms with Gasteiger partial charge in [-0.05, 0) is 95.0 Å². The summed E-state index contributed by atoms with van der Waals surface area (Å²) in [5.74, 6) is 0.751. The summed E-state index contributed by atoms with van der Waals surface area (Å²) in [6.45, 7) is 6.55.